The lowest BCUT2D eigenvalue weighted by Crippen LogP contribution is -2.00. The van der Waals surface area contributed by atoms with Crippen LogP contribution in [0.2, 0.25) is 10.0 Å². The second-order valence-corrected chi connectivity index (χ2v) is 6.31. The molecule has 3 rings (SSSR count). The number of hydrogen-bond donors (Lipinski definition) is 0. The zero-order valence-electron chi connectivity index (χ0n) is 10.4. The lowest BCUT2D eigenvalue weighted by atomic mass is 10.2. The van der Waals surface area contributed by atoms with Gasteiger partial charge in [-0.15, -0.1) is 11.6 Å². The molecule has 2 aromatic carbocycles. The third kappa shape index (κ3) is 2.66. The summed E-state index contributed by atoms with van der Waals surface area (Å²) in [6.07, 6.45) is 0. The van der Waals surface area contributed by atoms with E-state index in [0.29, 0.717) is 21.9 Å². The molecule has 0 saturated heterocycles. The molecule has 0 radical (unpaired) electrons. The highest BCUT2D eigenvalue weighted by Gasteiger charge is 2.16. The molecule has 0 unspecified atom stereocenters. The Hall–Kier alpha value is -0.810. The summed E-state index contributed by atoms with van der Waals surface area (Å²) in [5, 5.41) is 0.625. The standard InChI is InChI=1S/C14H7BrCl3FN2/c15-8-3-7(17)1-2-12(8)21-13-5-10(19)9(18)4-11(13)20-14(21)6-16/h1-5H,6H2. The zero-order chi connectivity index (χ0) is 15.1. The first-order valence-corrected chi connectivity index (χ1v) is 7.97. The molecule has 0 bridgehead atoms. The van der Waals surface area contributed by atoms with Gasteiger partial charge in [0.1, 0.15) is 11.6 Å². The van der Waals surface area contributed by atoms with Gasteiger partial charge >= 0.3 is 0 Å². The smallest absolute Gasteiger partial charge is 0.144 e. The van der Waals surface area contributed by atoms with E-state index in [2.05, 4.69) is 20.9 Å². The van der Waals surface area contributed by atoms with E-state index in [-0.39, 0.29) is 10.9 Å². The molecule has 3 aromatic rings. The van der Waals surface area contributed by atoms with Crippen LogP contribution in [0.3, 0.4) is 0 Å². The highest BCUT2D eigenvalue weighted by atomic mass is 79.9. The maximum Gasteiger partial charge on any atom is 0.144 e. The van der Waals surface area contributed by atoms with Crippen molar-refractivity contribution in [3.05, 3.63) is 56.5 Å². The van der Waals surface area contributed by atoms with Crippen molar-refractivity contribution < 1.29 is 4.39 Å². The number of imidazole rings is 1. The quantitative estimate of drug-likeness (QED) is 0.478. The van der Waals surface area contributed by atoms with Gasteiger partial charge in [-0.25, -0.2) is 9.37 Å². The lowest BCUT2D eigenvalue weighted by molar-refractivity contribution is 0.629. The number of halogens is 5. The predicted octanol–water partition coefficient (Wildman–Crippen LogP) is 5.97. The number of nitrogens with zero attached hydrogens (tertiary/aromatic N) is 2. The SMILES string of the molecule is Fc1cc2c(cc1Cl)nc(CCl)n2-c1ccc(Cl)cc1Br. The van der Waals surface area contributed by atoms with Crippen molar-refractivity contribution in [1.29, 1.82) is 0 Å². The van der Waals surface area contributed by atoms with Crippen molar-refractivity contribution in [3.8, 4) is 5.69 Å². The Balaban J connectivity index is 2.37. The van der Waals surface area contributed by atoms with Crippen LogP contribution in [-0.4, -0.2) is 9.55 Å². The van der Waals surface area contributed by atoms with Gasteiger partial charge in [0.05, 0.1) is 27.6 Å². The lowest BCUT2D eigenvalue weighted by Gasteiger charge is -2.10. The van der Waals surface area contributed by atoms with E-state index in [1.165, 1.54) is 12.1 Å². The Morgan fingerprint density at radius 3 is 2.62 bits per heavy atom. The topological polar surface area (TPSA) is 17.8 Å². The molecule has 0 aliphatic rings. The first-order chi connectivity index (χ1) is 10.0. The number of rotatable bonds is 2. The summed E-state index contributed by atoms with van der Waals surface area (Å²) in [4.78, 5) is 4.40. The molecule has 0 spiro atoms. The van der Waals surface area contributed by atoms with Crippen LogP contribution in [0, 0.1) is 5.82 Å². The summed E-state index contributed by atoms with van der Waals surface area (Å²) >= 11 is 21.2. The van der Waals surface area contributed by atoms with Crippen LogP contribution in [0.5, 0.6) is 0 Å². The first-order valence-electron chi connectivity index (χ1n) is 5.89. The zero-order valence-corrected chi connectivity index (χ0v) is 14.2. The van der Waals surface area contributed by atoms with Gasteiger partial charge in [-0.05, 0) is 40.2 Å². The van der Waals surface area contributed by atoms with Gasteiger partial charge in [-0.1, -0.05) is 23.2 Å². The van der Waals surface area contributed by atoms with E-state index in [1.807, 2.05) is 6.07 Å². The minimum atomic E-state index is -0.503. The monoisotopic (exact) mass is 406 g/mol. The fraction of sp³-hybridized carbons (Fsp3) is 0.0714. The average molecular weight is 408 g/mol. The van der Waals surface area contributed by atoms with Crippen molar-refractivity contribution >= 4 is 61.8 Å². The second kappa shape index (κ2) is 5.76. The summed E-state index contributed by atoms with van der Waals surface area (Å²) in [5.74, 6) is 0.274. The molecule has 7 heteroatoms. The van der Waals surface area contributed by atoms with Gasteiger partial charge in [0, 0.05) is 15.6 Å². The molecule has 0 amide bonds. The van der Waals surface area contributed by atoms with Crippen LogP contribution in [-0.2, 0) is 5.88 Å². The largest absolute Gasteiger partial charge is 0.294 e. The summed E-state index contributed by atoms with van der Waals surface area (Å²) < 4.78 is 16.3. The fourth-order valence-corrected chi connectivity index (χ4v) is 3.34. The van der Waals surface area contributed by atoms with Crippen molar-refractivity contribution in [3.63, 3.8) is 0 Å². The highest BCUT2D eigenvalue weighted by molar-refractivity contribution is 9.10. The Kier molecular flexibility index (Phi) is 4.14. The van der Waals surface area contributed by atoms with Crippen molar-refractivity contribution in [2.45, 2.75) is 5.88 Å². The number of hydrogen-bond acceptors (Lipinski definition) is 1. The number of aromatic nitrogens is 2. The Bertz CT molecular complexity index is 848. The highest BCUT2D eigenvalue weighted by Crippen LogP contribution is 2.31. The Morgan fingerprint density at radius 2 is 1.95 bits per heavy atom. The van der Waals surface area contributed by atoms with Crippen LogP contribution >= 0.6 is 50.7 Å². The van der Waals surface area contributed by atoms with Crippen LogP contribution in [0.25, 0.3) is 16.7 Å². The van der Waals surface area contributed by atoms with Crippen molar-refractivity contribution in [2.24, 2.45) is 0 Å². The summed E-state index contributed by atoms with van der Waals surface area (Å²) in [5.41, 5.74) is 1.95. The van der Waals surface area contributed by atoms with E-state index in [9.17, 15) is 4.39 Å². The minimum absolute atomic E-state index is 0.0310. The van der Waals surface area contributed by atoms with Gasteiger partial charge in [0.15, 0.2) is 0 Å². The molecule has 108 valence electrons. The normalized spacial score (nSPS) is 11.3. The molecule has 0 aliphatic carbocycles. The average Bonchev–Trinajstić information content (AvgIpc) is 2.77. The van der Waals surface area contributed by atoms with Gasteiger partial charge < -0.3 is 0 Å². The van der Waals surface area contributed by atoms with Gasteiger partial charge in [-0.3, -0.25) is 4.57 Å². The third-order valence-corrected chi connectivity index (χ3v) is 4.44. The van der Waals surface area contributed by atoms with E-state index in [4.69, 9.17) is 34.8 Å². The van der Waals surface area contributed by atoms with Gasteiger partial charge in [0.2, 0.25) is 0 Å². The maximum absolute atomic E-state index is 13.8. The summed E-state index contributed by atoms with van der Waals surface area (Å²) in [7, 11) is 0. The van der Waals surface area contributed by atoms with E-state index >= 15 is 0 Å². The van der Waals surface area contributed by atoms with Gasteiger partial charge in [-0.2, -0.15) is 0 Å². The molecule has 0 aliphatic heterocycles. The van der Waals surface area contributed by atoms with E-state index < -0.39 is 5.82 Å². The van der Waals surface area contributed by atoms with Crippen LogP contribution < -0.4 is 0 Å². The van der Waals surface area contributed by atoms with E-state index in [1.54, 1.807) is 16.7 Å². The molecule has 0 N–H and O–H groups in total. The molecule has 1 heterocycles. The van der Waals surface area contributed by atoms with Crippen LogP contribution in [0.1, 0.15) is 5.82 Å². The predicted molar refractivity (Wildman–Crippen MR) is 88.3 cm³/mol. The first kappa shape index (κ1) is 15.1. The van der Waals surface area contributed by atoms with Crippen molar-refractivity contribution in [1.82, 2.24) is 9.55 Å². The van der Waals surface area contributed by atoms with Crippen LogP contribution in [0.15, 0.2) is 34.8 Å². The minimum Gasteiger partial charge on any atom is -0.294 e. The van der Waals surface area contributed by atoms with Gasteiger partial charge in [0.25, 0.3) is 0 Å². The molecule has 2 nitrogen and oxygen atoms in total. The Labute approximate surface area is 143 Å². The maximum atomic E-state index is 13.8. The molecule has 0 fully saturated rings. The number of fused-ring (bicyclic) bond motifs is 1. The second-order valence-electron chi connectivity index (χ2n) is 4.35. The molecule has 0 saturated carbocycles. The molecule has 21 heavy (non-hydrogen) atoms. The van der Waals surface area contributed by atoms with Crippen LogP contribution in [0.4, 0.5) is 4.39 Å². The summed E-state index contributed by atoms with van der Waals surface area (Å²) in [6, 6.07) is 8.16. The molecule has 1 aromatic heterocycles. The summed E-state index contributed by atoms with van der Waals surface area (Å²) in [6.45, 7) is 0. The van der Waals surface area contributed by atoms with Crippen molar-refractivity contribution in [2.75, 3.05) is 0 Å². The number of alkyl halides is 1. The number of benzene rings is 2. The molecule has 0 atom stereocenters. The molecular weight excluding hydrogens is 401 g/mol. The molecular formula is C14H7BrCl3FN2. The van der Waals surface area contributed by atoms with E-state index in [0.717, 1.165) is 10.2 Å². The third-order valence-electron chi connectivity index (χ3n) is 3.04. The fourth-order valence-electron chi connectivity index (χ4n) is 2.14. The Morgan fingerprint density at radius 1 is 1.19 bits per heavy atom.